The summed E-state index contributed by atoms with van der Waals surface area (Å²) in [6, 6.07) is 22.7. The van der Waals surface area contributed by atoms with Crippen molar-refractivity contribution < 1.29 is 14.0 Å². The Hall–Kier alpha value is -4.78. The van der Waals surface area contributed by atoms with Crippen molar-refractivity contribution in [3.05, 3.63) is 130 Å². The van der Waals surface area contributed by atoms with E-state index in [9.17, 15) is 14.0 Å². The van der Waals surface area contributed by atoms with Crippen LogP contribution in [0.5, 0.6) is 0 Å². The largest absolute Gasteiger partial charge is 0.318 e. The van der Waals surface area contributed by atoms with Crippen LogP contribution in [0.25, 0.3) is 11.2 Å². The summed E-state index contributed by atoms with van der Waals surface area (Å²) < 4.78 is 17.2. The van der Waals surface area contributed by atoms with Crippen molar-refractivity contribution in [1.29, 1.82) is 0 Å². The molecule has 6 nitrogen and oxygen atoms in total. The summed E-state index contributed by atoms with van der Waals surface area (Å²) in [5.74, 6) is -0.951. The van der Waals surface area contributed by atoms with Gasteiger partial charge >= 0.3 is 0 Å². The molecule has 3 aromatic heterocycles. The van der Waals surface area contributed by atoms with Crippen LogP contribution >= 0.6 is 0 Å². The van der Waals surface area contributed by atoms with E-state index in [-0.39, 0.29) is 11.7 Å². The van der Waals surface area contributed by atoms with E-state index in [4.69, 9.17) is 0 Å². The highest BCUT2D eigenvalue weighted by Crippen LogP contribution is 2.25. The van der Waals surface area contributed by atoms with Crippen LogP contribution in [0, 0.1) is 26.6 Å². The van der Waals surface area contributed by atoms with Gasteiger partial charge < -0.3 is 8.97 Å². The second kappa shape index (κ2) is 9.70. The number of hydrogen-bond acceptors (Lipinski definition) is 3. The molecule has 184 valence electrons. The minimum Gasteiger partial charge on any atom is -0.318 e. The van der Waals surface area contributed by atoms with E-state index in [2.05, 4.69) is 10.5 Å². The molecule has 5 aromatic rings. The number of halogens is 1. The number of aryl methyl sites for hydroxylation is 1. The molecule has 37 heavy (non-hydrogen) atoms. The normalized spacial score (nSPS) is 11.4. The second-order valence-corrected chi connectivity index (χ2v) is 8.83. The number of aromatic nitrogens is 2. The molecular weight excluding hydrogens is 467 g/mol. The number of nitrogens with one attached hydrogen (secondary N) is 1. The lowest BCUT2D eigenvalue weighted by Crippen LogP contribution is -2.18. The third-order valence-corrected chi connectivity index (χ3v) is 6.51. The third kappa shape index (κ3) is 4.36. The van der Waals surface area contributed by atoms with Crippen LogP contribution in [0.2, 0.25) is 0 Å². The highest BCUT2D eigenvalue weighted by molar-refractivity contribution is 6.12. The van der Waals surface area contributed by atoms with Gasteiger partial charge in [0.1, 0.15) is 5.82 Å². The van der Waals surface area contributed by atoms with Crippen LogP contribution in [0.3, 0.4) is 0 Å². The van der Waals surface area contributed by atoms with Gasteiger partial charge in [-0.05, 0) is 80.9 Å². The average molecular weight is 493 g/mol. The summed E-state index contributed by atoms with van der Waals surface area (Å²) >= 11 is 0. The first-order chi connectivity index (χ1) is 17.9. The zero-order chi connectivity index (χ0) is 26.1. The molecule has 0 aliphatic heterocycles. The average Bonchev–Trinajstić information content (AvgIpc) is 3.36. The van der Waals surface area contributed by atoms with E-state index in [1.165, 1.54) is 24.3 Å². The minimum absolute atomic E-state index is 0.226. The van der Waals surface area contributed by atoms with Gasteiger partial charge in [0.05, 0.1) is 23.0 Å². The molecule has 5 rings (SSSR count). The Morgan fingerprint density at radius 2 is 1.62 bits per heavy atom. The van der Waals surface area contributed by atoms with Crippen LogP contribution in [-0.4, -0.2) is 26.9 Å². The van der Waals surface area contributed by atoms with E-state index in [1.54, 1.807) is 16.8 Å². The molecule has 2 aromatic carbocycles. The van der Waals surface area contributed by atoms with Crippen LogP contribution < -0.4 is 5.43 Å². The minimum atomic E-state index is -0.401. The van der Waals surface area contributed by atoms with E-state index < -0.39 is 5.82 Å². The molecule has 0 saturated carbocycles. The van der Waals surface area contributed by atoms with Gasteiger partial charge in [0.15, 0.2) is 0 Å². The Morgan fingerprint density at radius 1 is 0.919 bits per heavy atom. The molecule has 3 heterocycles. The van der Waals surface area contributed by atoms with Crippen molar-refractivity contribution in [2.24, 2.45) is 5.10 Å². The zero-order valence-corrected chi connectivity index (χ0v) is 20.7. The predicted octanol–water partition coefficient (Wildman–Crippen LogP) is 5.79. The van der Waals surface area contributed by atoms with Crippen LogP contribution in [-0.2, 0) is 0 Å². The molecule has 1 N–H and O–H groups in total. The van der Waals surface area contributed by atoms with Gasteiger partial charge in [-0.15, -0.1) is 0 Å². The first-order valence-corrected chi connectivity index (χ1v) is 11.8. The van der Waals surface area contributed by atoms with E-state index in [0.29, 0.717) is 27.9 Å². The molecule has 0 radical (unpaired) electrons. The topological polar surface area (TPSA) is 67.9 Å². The fourth-order valence-corrected chi connectivity index (χ4v) is 4.72. The van der Waals surface area contributed by atoms with Crippen LogP contribution in [0.15, 0.2) is 90.2 Å². The van der Waals surface area contributed by atoms with E-state index in [0.717, 1.165) is 22.6 Å². The van der Waals surface area contributed by atoms with Crippen molar-refractivity contribution in [1.82, 2.24) is 14.4 Å². The number of ketones is 1. The molecule has 0 saturated heterocycles. The summed E-state index contributed by atoms with van der Waals surface area (Å²) in [7, 11) is 0. The summed E-state index contributed by atoms with van der Waals surface area (Å²) in [5.41, 5.74) is 8.93. The number of carbonyl (C=O) groups is 2. The van der Waals surface area contributed by atoms with Gasteiger partial charge in [-0.3, -0.25) is 9.59 Å². The lowest BCUT2D eigenvalue weighted by Gasteiger charge is -2.09. The number of benzene rings is 2. The van der Waals surface area contributed by atoms with Crippen molar-refractivity contribution in [2.45, 2.75) is 20.8 Å². The molecule has 0 aliphatic carbocycles. The number of fused-ring (bicyclic) bond motifs is 1. The first-order valence-electron chi connectivity index (χ1n) is 11.8. The van der Waals surface area contributed by atoms with Crippen molar-refractivity contribution in [3.63, 3.8) is 0 Å². The SMILES string of the molecule is Cc1c(C=NNC(=O)c2cc(C)n(-c3ccccc3)c2C)c2ccccn2c1C(=O)c1ccc(F)cc1. The Bertz CT molecular complexity index is 1660. The molecule has 0 spiro atoms. The second-order valence-electron chi connectivity index (χ2n) is 8.83. The molecule has 0 unspecified atom stereocenters. The van der Waals surface area contributed by atoms with Gasteiger partial charge in [0.25, 0.3) is 5.91 Å². The molecule has 0 atom stereocenters. The number of amides is 1. The quantitative estimate of drug-likeness (QED) is 0.185. The number of nitrogens with zero attached hydrogens (tertiary/aromatic N) is 3. The number of pyridine rings is 1. The Labute approximate surface area is 213 Å². The van der Waals surface area contributed by atoms with Gasteiger partial charge in [0, 0.05) is 34.4 Å². The number of carbonyl (C=O) groups excluding carboxylic acids is 2. The van der Waals surface area contributed by atoms with Crippen LogP contribution in [0.1, 0.15) is 48.9 Å². The van der Waals surface area contributed by atoms with Crippen molar-refractivity contribution in [3.8, 4) is 5.69 Å². The van der Waals surface area contributed by atoms with Crippen molar-refractivity contribution in [2.75, 3.05) is 0 Å². The van der Waals surface area contributed by atoms with Gasteiger partial charge in [-0.2, -0.15) is 5.10 Å². The number of rotatable bonds is 6. The Kier molecular flexibility index (Phi) is 6.27. The maximum absolute atomic E-state index is 13.4. The number of para-hydroxylation sites is 1. The fourth-order valence-electron chi connectivity index (χ4n) is 4.72. The molecule has 1 amide bonds. The molecule has 7 heteroatoms. The predicted molar refractivity (Wildman–Crippen MR) is 142 cm³/mol. The highest BCUT2D eigenvalue weighted by Gasteiger charge is 2.21. The molecule has 0 aliphatic rings. The number of hydrogen-bond donors (Lipinski definition) is 1. The molecule has 0 fully saturated rings. The third-order valence-electron chi connectivity index (χ3n) is 6.51. The fraction of sp³-hybridized carbons (Fsp3) is 0.100. The standard InChI is InChI=1S/C30H25FN4O2/c1-19-17-25(21(3)35(19)24-9-5-4-6-10-24)30(37)33-32-18-26-20(2)28(34-16-8-7-11-27(26)34)29(36)22-12-14-23(31)15-13-22/h4-18H,1-3H3,(H,33,37). The van der Waals surface area contributed by atoms with E-state index >= 15 is 0 Å². The van der Waals surface area contributed by atoms with Gasteiger partial charge in [0.2, 0.25) is 5.78 Å². The van der Waals surface area contributed by atoms with E-state index in [1.807, 2.05) is 79.9 Å². The summed E-state index contributed by atoms with van der Waals surface area (Å²) in [4.78, 5) is 26.3. The lowest BCUT2D eigenvalue weighted by molar-refractivity contribution is 0.0953. The Balaban J connectivity index is 1.44. The monoisotopic (exact) mass is 492 g/mol. The smallest absolute Gasteiger partial charge is 0.273 e. The zero-order valence-electron chi connectivity index (χ0n) is 20.7. The lowest BCUT2D eigenvalue weighted by atomic mass is 10.0. The van der Waals surface area contributed by atoms with Crippen molar-refractivity contribution >= 4 is 23.4 Å². The van der Waals surface area contributed by atoms with Gasteiger partial charge in [-0.25, -0.2) is 9.82 Å². The van der Waals surface area contributed by atoms with Crippen LogP contribution in [0.4, 0.5) is 4.39 Å². The Morgan fingerprint density at radius 3 is 2.35 bits per heavy atom. The maximum atomic E-state index is 13.4. The molecule has 0 bridgehead atoms. The summed E-state index contributed by atoms with van der Waals surface area (Å²) in [6.45, 7) is 5.69. The summed E-state index contributed by atoms with van der Waals surface area (Å²) in [6.07, 6.45) is 3.35. The number of hydrazone groups is 1. The van der Waals surface area contributed by atoms with Gasteiger partial charge in [-0.1, -0.05) is 24.3 Å². The maximum Gasteiger partial charge on any atom is 0.273 e. The molecular formula is C30H25FN4O2. The summed E-state index contributed by atoms with van der Waals surface area (Å²) in [5, 5.41) is 4.23. The first kappa shape index (κ1) is 23.9. The highest BCUT2D eigenvalue weighted by atomic mass is 19.1.